The molecule has 1 N–H and O–H groups in total. The van der Waals surface area contributed by atoms with E-state index in [1.165, 1.54) is 0 Å². The second kappa shape index (κ2) is 6.82. The summed E-state index contributed by atoms with van der Waals surface area (Å²) in [7, 11) is 0. The fourth-order valence-electron chi connectivity index (χ4n) is 1.70. The smallest absolute Gasteiger partial charge is 0.870 e. The van der Waals surface area contributed by atoms with Crippen LogP contribution in [0.4, 0.5) is 0 Å². The minimum absolute atomic E-state index is 0. The van der Waals surface area contributed by atoms with Crippen molar-refractivity contribution < 1.29 is 25.3 Å². The van der Waals surface area contributed by atoms with Gasteiger partial charge in [0, 0.05) is 23.8 Å². The van der Waals surface area contributed by atoms with Crippen LogP contribution < -0.4 is 10.2 Å². The van der Waals surface area contributed by atoms with E-state index in [1.54, 1.807) is 0 Å². The summed E-state index contributed by atoms with van der Waals surface area (Å²) in [5.41, 5.74) is 0. The molecule has 1 rings (SSSR count). The van der Waals surface area contributed by atoms with Crippen LogP contribution in [0.3, 0.4) is 0 Å². The van der Waals surface area contributed by atoms with E-state index in [9.17, 15) is 19.8 Å². The van der Waals surface area contributed by atoms with E-state index in [4.69, 9.17) is 0 Å². The van der Waals surface area contributed by atoms with Crippen molar-refractivity contribution in [3.8, 4) is 0 Å². The third-order valence-electron chi connectivity index (χ3n) is 2.37. The van der Waals surface area contributed by atoms with Gasteiger partial charge in [-0.05, 0) is 12.8 Å². The summed E-state index contributed by atoms with van der Waals surface area (Å²) < 4.78 is 0. The first-order chi connectivity index (χ1) is 5.63. The minimum Gasteiger partial charge on any atom is -0.870 e. The Morgan fingerprint density at radius 1 is 0.929 bits per heavy atom. The van der Waals surface area contributed by atoms with Crippen molar-refractivity contribution in [3.63, 3.8) is 0 Å². The van der Waals surface area contributed by atoms with Crippen LogP contribution in [-0.2, 0) is 9.59 Å². The molecule has 1 fully saturated rings. The number of aliphatic carboxylic acids is 2. The van der Waals surface area contributed by atoms with E-state index in [0.717, 1.165) is 12.8 Å². The molecule has 1 aliphatic carbocycles. The summed E-state index contributed by atoms with van der Waals surface area (Å²) in [5, 5.41) is 20.9. The molecule has 0 bridgehead atoms. The van der Waals surface area contributed by atoms with Crippen LogP contribution in [0.1, 0.15) is 25.7 Å². The van der Waals surface area contributed by atoms with Crippen LogP contribution in [0.15, 0.2) is 0 Å². The average Bonchev–Trinajstić information content (AvgIpc) is 2.04. The zero-order valence-electron chi connectivity index (χ0n) is 7.64. The Labute approximate surface area is 92.6 Å². The Morgan fingerprint density at radius 2 is 1.21 bits per heavy atom. The van der Waals surface area contributed by atoms with Crippen LogP contribution in [-0.4, -0.2) is 34.8 Å². The van der Waals surface area contributed by atoms with Gasteiger partial charge in [-0.1, -0.05) is 12.8 Å². The quantitative estimate of drug-likeness (QED) is 0.481. The molecule has 0 heterocycles. The largest absolute Gasteiger partial charge is 3.00 e. The molecule has 0 aromatic carbocycles. The van der Waals surface area contributed by atoms with Crippen molar-refractivity contribution in [1.82, 2.24) is 0 Å². The van der Waals surface area contributed by atoms with Gasteiger partial charge < -0.3 is 25.3 Å². The maximum atomic E-state index is 10.5. The number of carboxylic acid groups (broad SMARTS) is 2. The molecule has 0 aromatic heterocycles. The zero-order valence-corrected chi connectivity index (χ0v) is 8.80. The monoisotopic (exact) mass is 214 g/mol. The summed E-state index contributed by atoms with van der Waals surface area (Å²) in [5.74, 6) is -4.21. The normalized spacial score (nSPS) is 25.4. The zero-order chi connectivity index (χ0) is 9.14. The molecule has 5 nitrogen and oxygen atoms in total. The fraction of sp³-hybridized carbons (Fsp3) is 0.750. The summed E-state index contributed by atoms with van der Waals surface area (Å²) in [6.07, 6.45) is 2.34. The minimum atomic E-state index is -1.26. The van der Waals surface area contributed by atoms with E-state index >= 15 is 0 Å². The first-order valence-electron chi connectivity index (χ1n) is 4.04. The maximum Gasteiger partial charge on any atom is 3.00 e. The number of carbonyl (C=O) groups is 2. The number of carbonyl (C=O) groups excluding carboxylic acids is 2. The third kappa shape index (κ3) is 3.66. The average molecular weight is 214 g/mol. The van der Waals surface area contributed by atoms with E-state index in [-0.39, 0.29) is 22.8 Å². The van der Waals surface area contributed by atoms with Gasteiger partial charge in [-0.25, -0.2) is 0 Å². The third-order valence-corrected chi connectivity index (χ3v) is 2.37. The Hall–Kier alpha value is -0.568. The van der Waals surface area contributed by atoms with Crippen molar-refractivity contribution in [1.29, 1.82) is 0 Å². The molecule has 6 heteroatoms. The Kier molecular flexibility index (Phi) is 7.74. The predicted octanol–water partition coefficient (Wildman–Crippen LogP) is -2.26. The van der Waals surface area contributed by atoms with Gasteiger partial charge in [0.05, 0.1) is 0 Å². The predicted molar refractivity (Wildman–Crippen MR) is 43.2 cm³/mol. The van der Waals surface area contributed by atoms with Gasteiger partial charge >= 0.3 is 17.4 Å². The van der Waals surface area contributed by atoms with Gasteiger partial charge in [-0.15, -0.1) is 0 Å². The second-order valence-electron chi connectivity index (χ2n) is 3.14. The van der Waals surface area contributed by atoms with Gasteiger partial charge in [0.2, 0.25) is 0 Å². The molecular weight excluding hydrogens is 203 g/mol. The molecule has 0 spiro atoms. The maximum absolute atomic E-state index is 10.5. The van der Waals surface area contributed by atoms with E-state index < -0.39 is 23.8 Å². The van der Waals surface area contributed by atoms with E-state index in [0.29, 0.717) is 12.8 Å². The number of carboxylic acids is 2. The van der Waals surface area contributed by atoms with E-state index in [2.05, 4.69) is 0 Å². The molecule has 0 saturated heterocycles. The van der Waals surface area contributed by atoms with Gasteiger partial charge in [0.25, 0.3) is 0 Å². The van der Waals surface area contributed by atoms with Gasteiger partial charge in [-0.2, -0.15) is 0 Å². The Morgan fingerprint density at radius 3 is 1.43 bits per heavy atom. The van der Waals surface area contributed by atoms with Crippen LogP contribution in [0, 0.1) is 11.8 Å². The van der Waals surface area contributed by atoms with Gasteiger partial charge in [-0.3, -0.25) is 0 Å². The van der Waals surface area contributed by atoms with Crippen molar-refractivity contribution >= 4 is 29.3 Å². The van der Waals surface area contributed by atoms with Gasteiger partial charge in [0.1, 0.15) is 0 Å². The van der Waals surface area contributed by atoms with Crippen molar-refractivity contribution in [2.24, 2.45) is 11.8 Å². The Balaban J connectivity index is 0. The van der Waals surface area contributed by atoms with Crippen molar-refractivity contribution in [2.45, 2.75) is 25.7 Å². The molecule has 1 saturated carbocycles. The second-order valence-corrected chi connectivity index (χ2v) is 3.14. The van der Waals surface area contributed by atoms with Crippen LogP contribution >= 0.6 is 0 Å². The molecule has 0 aromatic rings. The molecule has 2 atom stereocenters. The fourth-order valence-corrected chi connectivity index (χ4v) is 1.70. The van der Waals surface area contributed by atoms with Crippen LogP contribution in [0.2, 0.25) is 0 Å². The summed E-state index contributed by atoms with van der Waals surface area (Å²) >= 11 is 0. The number of hydrogen-bond acceptors (Lipinski definition) is 5. The molecular formula is C8H11AlO5. The number of hydrogen-bond donors (Lipinski definition) is 0. The molecule has 76 valence electrons. The SMILES string of the molecule is O=C([O-])C1CCCCC1C(=O)[O-].[Al+3].[OH-]. The summed E-state index contributed by atoms with van der Waals surface area (Å²) in [6, 6.07) is 0. The van der Waals surface area contributed by atoms with Crippen LogP contribution in [0.5, 0.6) is 0 Å². The summed E-state index contributed by atoms with van der Waals surface area (Å²) in [4.78, 5) is 20.9. The van der Waals surface area contributed by atoms with Crippen molar-refractivity contribution in [3.05, 3.63) is 0 Å². The molecule has 0 aliphatic heterocycles. The topological polar surface area (TPSA) is 110 Å². The molecule has 0 amide bonds. The number of rotatable bonds is 2. The molecule has 0 radical (unpaired) electrons. The van der Waals surface area contributed by atoms with E-state index in [1.807, 2.05) is 0 Å². The van der Waals surface area contributed by atoms with Crippen molar-refractivity contribution in [2.75, 3.05) is 0 Å². The first kappa shape index (κ1) is 15.9. The van der Waals surface area contributed by atoms with Gasteiger partial charge in [0.15, 0.2) is 0 Å². The molecule has 2 unspecified atom stereocenters. The van der Waals surface area contributed by atoms with Crippen LogP contribution in [0.25, 0.3) is 0 Å². The summed E-state index contributed by atoms with van der Waals surface area (Å²) in [6.45, 7) is 0. The first-order valence-corrected chi connectivity index (χ1v) is 4.04. The standard InChI is InChI=1S/C8H12O4.Al.H2O/c9-7(10)5-3-1-2-4-6(5)8(11)12;;/h5-6H,1-4H2,(H,9,10)(H,11,12);;1H2/q;+3;/p-3. The Bertz CT molecular complexity index is 184. The molecule has 14 heavy (non-hydrogen) atoms. The molecule has 1 aliphatic rings.